The first-order valence-corrected chi connectivity index (χ1v) is 14.4. The van der Waals surface area contributed by atoms with Crippen molar-refractivity contribution in [2.45, 2.75) is 31.7 Å². The molecule has 0 bridgehead atoms. The second-order valence-electron chi connectivity index (χ2n) is 10.8. The Hall–Kier alpha value is -5.16. The molecule has 0 spiro atoms. The second kappa shape index (κ2) is 13.4. The number of hydrogen-bond acceptors (Lipinski definition) is 6. The van der Waals surface area contributed by atoms with E-state index in [2.05, 4.69) is 17.2 Å². The third kappa shape index (κ3) is 6.57. The summed E-state index contributed by atoms with van der Waals surface area (Å²) in [6.45, 7) is 4.49. The molecule has 2 aliphatic heterocycles. The van der Waals surface area contributed by atoms with Crippen molar-refractivity contribution in [3.63, 3.8) is 0 Å². The number of carbonyl (C=O) groups is 4. The highest BCUT2D eigenvalue weighted by Gasteiger charge is 2.51. The number of piperazine rings is 1. The van der Waals surface area contributed by atoms with Crippen LogP contribution < -0.4 is 10.6 Å². The molecule has 2 atom stereocenters. The van der Waals surface area contributed by atoms with E-state index in [1.807, 2.05) is 36.4 Å². The average Bonchev–Trinajstić information content (AvgIpc) is 3.03. The Morgan fingerprint density at radius 1 is 0.977 bits per heavy atom. The van der Waals surface area contributed by atoms with Gasteiger partial charge in [-0.25, -0.2) is 14.8 Å². The first kappa shape index (κ1) is 30.3. The molecule has 2 aliphatic rings. The van der Waals surface area contributed by atoms with Gasteiger partial charge < -0.3 is 25.5 Å². The van der Waals surface area contributed by atoms with Gasteiger partial charge in [-0.1, -0.05) is 60.7 Å². The van der Waals surface area contributed by atoms with Crippen molar-refractivity contribution in [2.24, 2.45) is 0 Å². The standard InChI is InChI=1S/C33H36N6O5/c1-3-16-37-22-30(41)38-28(18-23-12-14-27(40)15-13-23)32(43)36(20-25-10-7-11-26(17-25)31(42)34-2)21-29(38)39(37)33(44)35-19-24-8-5-4-6-9-24/h3-15,17,28-29,40H,1,16,18-22H2,2H3,(H,34,42)(H,35,44). The molecule has 2 unspecified atom stereocenters. The van der Waals surface area contributed by atoms with E-state index in [1.54, 1.807) is 53.4 Å². The molecule has 0 radical (unpaired) electrons. The van der Waals surface area contributed by atoms with Crippen LogP contribution in [0.25, 0.3) is 0 Å². The number of benzene rings is 3. The number of urea groups is 1. The summed E-state index contributed by atoms with van der Waals surface area (Å²) in [7, 11) is 1.55. The summed E-state index contributed by atoms with van der Waals surface area (Å²) >= 11 is 0. The summed E-state index contributed by atoms with van der Waals surface area (Å²) in [6, 6.07) is 21.7. The molecule has 3 aromatic rings. The van der Waals surface area contributed by atoms with Gasteiger partial charge in [0.25, 0.3) is 5.91 Å². The Kier molecular flexibility index (Phi) is 9.25. The van der Waals surface area contributed by atoms with E-state index < -0.39 is 18.2 Å². The summed E-state index contributed by atoms with van der Waals surface area (Å²) in [5.41, 5.74) is 2.87. The zero-order valence-corrected chi connectivity index (χ0v) is 24.6. The molecule has 44 heavy (non-hydrogen) atoms. The van der Waals surface area contributed by atoms with Crippen molar-refractivity contribution in [3.8, 4) is 5.75 Å². The molecule has 11 nitrogen and oxygen atoms in total. The van der Waals surface area contributed by atoms with Gasteiger partial charge in [-0.05, 0) is 41.0 Å². The molecule has 2 fully saturated rings. The van der Waals surface area contributed by atoms with Gasteiger partial charge in [-0.15, -0.1) is 6.58 Å². The lowest BCUT2D eigenvalue weighted by Crippen LogP contribution is -2.76. The number of aromatic hydroxyl groups is 1. The molecule has 3 aromatic carbocycles. The van der Waals surface area contributed by atoms with E-state index in [4.69, 9.17) is 0 Å². The van der Waals surface area contributed by atoms with Crippen LogP contribution in [0.5, 0.6) is 5.75 Å². The van der Waals surface area contributed by atoms with Gasteiger partial charge in [0.05, 0.1) is 13.1 Å². The number of hydrazine groups is 1. The van der Waals surface area contributed by atoms with Crippen molar-refractivity contribution in [2.75, 3.05) is 26.7 Å². The molecular weight excluding hydrogens is 560 g/mol. The minimum atomic E-state index is -0.900. The van der Waals surface area contributed by atoms with Crippen LogP contribution in [0.2, 0.25) is 0 Å². The van der Waals surface area contributed by atoms with Gasteiger partial charge in [0.2, 0.25) is 11.8 Å². The number of hydrogen-bond donors (Lipinski definition) is 3. The quantitative estimate of drug-likeness (QED) is 0.326. The third-order valence-electron chi connectivity index (χ3n) is 7.82. The number of phenols is 1. The van der Waals surface area contributed by atoms with Crippen molar-refractivity contribution in [1.29, 1.82) is 0 Å². The summed E-state index contributed by atoms with van der Waals surface area (Å²) in [5, 5.41) is 18.6. The molecule has 0 saturated carbocycles. The summed E-state index contributed by atoms with van der Waals surface area (Å²) in [5.74, 6) is -0.695. The normalized spacial score (nSPS) is 18.5. The largest absolute Gasteiger partial charge is 0.508 e. The number of carbonyl (C=O) groups excluding carboxylic acids is 4. The Morgan fingerprint density at radius 3 is 2.41 bits per heavy atom. The zero-order valence-electron chi connectivity index (χ0n) is 24.6. The minimum Gasteiger partial charge on any atom is -0.508 e. The molecule has 3 N–H and O–H groups in total. The Balaban J connectivity index is 1.50. The number of nitrogens with zero attached hydrogens (tertiary/aromatic N) is 4. The number of phenolic OH excluding ortho intramolecular Hbond substituents is 1. The van der Waals surface area contributed by atoms with E-state index >= 15 is 0 Å². The van der Waals surface area contributed by atoms with E-state index in [1.165, 1.54) is 22.0 Å². The number of rotatable bonds is 9. The highest BCUT2D eigenvalue weighted by molar-refractivity contribution is 5.94. The van der Waals surface area contributed by atoms with Crippen LogP contribution in [-0.4, -0.2) is 87.6 Å². The molecule has 0 aliphatic carbocycles. The lowest BCUT2D eigenvalue weighted by Gasteiger charge is -2.55. The van der Waals surface area contributed by atoms with E-state index in [9.17, 15) is 24.3 Å². The van der Waals surface area contributed by atoms with Gasteiger partial charge >= 0.3 is 6.03 Å². The van der Waals surface area contributed by atoms with E-state index in [0.717, 1.165) is 16.7 Å². The summed E-state index contributed by atoms with van der Waals surface area (Å²) in [6.07, 6.45) is 1.02. The fraction of sp³-hybridized carbons (Fsp3) is 0.273. The van der Waals surface area contributed by atoms with Gasteiger partial charge in [0.15, 0.2) is 0 Å². The van der Waals surface area contributed by atoms with Crippen LogP contribution in [0.3, 0.4) is 0 Å². The summed E-state index contributed by atoms with van der Waals surface area (Å²) in [4.78, 5) is 57.1. The van der Waals surface area contributed by atoms with E-state index in [-0.39, 0.29) is 62.6 Å². The fourth-order valence-electron chi connectivity index (χ4n) is 5.73. The Labute approximate surface area is 256 Å². The predicted octanol–water partition coefficient (Wildman–Crippen LogP) is 2.49. The lowest BCUT2D eigenvalue weighted by atomic mass is 9.98. The minimum absolute atomic E-state index is 0.0628. The molecule has 11 heteroatoms. The van der Waals surface area contributed by atoms with Crippen molar-refractivity contribution in [3.05, 3.63) is 114 Å². The Morgan fingerprint density at radius 2 is 1.70 bits per heavy atom. The van der Waals surface area contributed by atoms with E-state index in [0.29, 0.717) is 5.56 Å². The monoisotopic (exact) mass is 596 g/mol. The van der Waals surface area contributed by atoms with Crippen LogP contribution in [0.4, 0.5) is 4.79 Å². The smallest absolute Gasteiger partial charge is 0.334 e. The lowest BCUT2D eigenvalue weighted by molar-refractivity contribution is -0.189. The maximum Gasteiger partial charge on any atom is 0.334 e. The second-order valence-corrected chi connectivity index (χ2v) is 10.8. The molecule has 228 valence electrons. The van der Waals surface area contributed by atoms with Gasteiger partial charge in [-0.3, -0.25) is 14.4 Å². The predicted molar refractivity (Wildman–Crippen MR) is 164 cm³/mol. The number of nitrogens with one attached hydrogen (secondary N) is 2. The van der Waals surface area contributed by atoms with Crippen molar-refractivity contribution < 1.29 is 24.3 Å². The maximum absolute atomic E-state index is 14.1. The Bertz CT molecular complexity index is 1530. The first-order valence-electron chi connectivity index (χ1n) is 14.4. The van der Waals surface area contributed by atoms with Crippen molar-refractivity contribution in [1.82, 2.24) is 30.5 Å². The molecular formula is C33H36N6O5. The fourth-order valence-corrected chi connectivity index (χ4v) is 5.73. The van der Waals surface area contributed by atoms with Crippen LogP contribution in [-0.2, 0) is 29.1 Å². The maximum atomic E-state index is 14.1. The van der Waals surface area contributed by atoms with Crippen LogP contribution >= 0.6 is 0 Å². The zero-order chi connectivity index (χ0) is 31.2. The molecule has 5 amide bonds. The van der Waals surface area contributed by atoms with Gasteiger partial charge in [0, 0.05) is 38.7 Å². The van der Waals surface area contributed by atoms with Gasteiger partial charge in [-0.2, -0.15) is 0 Å². The molecule has 2 heterocycles. The highest BCUT2D eigenvalue weighted by Crippen LogP contribution is 2.29. The van der Waals surface area contributed by atoms with Crippen LogP contribution in [0.15, 0.2) is 91.5 Å². The highest BCUT2D eigenvalue weighted by atomic mass is 16.3. The average molecular weight is 597 g/mol. The molecule has 2 saturated heterocycles. The SMILES string of the molecule is C=CCN1CC(=O)N2C(Cc3ccc(O)cc3)C(=O)N(Cc3cccc(C(=O)NC)c3)CC2N1C(=O)NCc1ccccc1. The topological polar surface area (TPSA) is 126 Å². The number of amides is 5. The first-order chi connectivity index (χ1) is 21.3. The third-order valence-corrected chi connectivity index (χ3v) is 7.82. The summed E-state index contributed by atoms with van der Waals surface area (Å²) < 4.78 is 0. The molecule has 0 aromatic heterocycles. The van der Waals surface area contributed by atoms with Crippen molar-refractivity contribution >= 4 is 23.8 Å². The van der Waals surface area contributed by atoms with Gasteiger partial charge in [0.1, 0.15) is 18.0 Å². The molecule has 5 rings (SSSR count). The van der Waals surface area contributed by atoms with Crippen LogP contribution in [0.1, 0.15) is 27.0 Å². The number of fused-ring (bicyclic) bond motifs is 1. The van der Waals surface area contributed by atoms with Crippen LogP contribution in [0, 0.1) is 0 Å².